The Labute approximate surface area is 143 Å². The van der Waals surface area contributed by atoms with Crippen LogP contribution in [0.2, 0.25) is 0 Å². The summed E-state index contributed by atoms with van der Waals surface area (Å²) < 4.78 is 0. The third-order valence-electron chi connectivity index (χ3n) is 6.04. The number of rotatable bonds is 3. The monoisotopic (exact) mass is 337 g/mol. The van der Waals surface area contributed by atoms with Crippen LogP contribution < -0.4 is 0 Å². The topological polar surface area (TPSA) is 92.9 Å². The van der Waals surface area contributed by atoms with Crippen molar-refractivity contribution in [3.8, 4) is 0 Å². The lowest BCUT2D eigenvalue weighted by atomic mass is 9.63. The van der Waals surface area contributed by atoms with Gasteiger partial charge in [0.05, 0.1) is 23.0 Å². The van der Waals surface area contributed by atoms with Crippen molar-refractivity contribution in [1.82, 2.24) is 5.01 Å². The number of nitro benzene ring substituents is 1. The van der Waals surface area contributed by atoms with Crippen molar-refractivity contribution in [1.29, 1.82) is 0 Å². The summed E-state index contributed by atoms with van der Waals surface area (Å²) in [5.74, 6) is 0.385. The number of non-ortho nitro benzene ring substituents is 1. The van der Waals surface area contributed by atoms with Gasteiger partial charge in [0.25, 0.3) is 17.5 Å². The number of nitrogens with zero attached hydrogens (tertiary/aromatic N) is 3. The average Bonchev–Trinajstić information content (AvgIpc) is 3.39. The Morgan fingerprint density at radius 3 is 2.36 bits per heavy atom. The summed E-state index contributed by atoms with van der Waals surface area (Å²) in [7, 11) is 0. The van der Waals surface area contributed by atoms with Crippen molar-refractivity contribution in [3.63, 3.8) is 0 Å². The Kier molecular flexibility index (Phi) is 2.81. The van der Waals surface area contributed by atoms with E-state index >= 15 is 0 Å². The smallest absolute Gasteiger partial charge is 0.270 e. The molecule has 5 aliphatic rings. The number of hydrazone groups is 1. The molecule has 1 aliphatic heterocycles. The molecule has 2 bridgehead atoms. The van der Waals surface area contributed by atoms with Crippen LogP contribution in [-0.4, -0.2) is 28.0 Å². The fourth-order valence-corrected chi connectivity index (χ4v) is 4.90. The van der Waals surface area contributed by atoms with Crippen LogP contribution in [0, 0.1) is 45.6 Å². The van der Waals surface area contributed by atoms with Gasteiger partial charge in [0.2, 0.25) is 0 Å². The van der Waals surface area contributed by atoms with E-state index in [-0.39, 0.29) is 41.2 Å². The van der Waals surface area contributed by atoms with Crippen molar-refractivity contribution in [3.05, 3.63) is 52.1 Å². The second-order valence-electron chi connectivity index (χ2n) is 7.24. The van der Waals surface area contributed by atoms with Gasteiger partial charge >= 0.3 is 0 Å². The zero-order chi connectivity index (χ0) is 17.3. The van der Waals surface area contributed by atoms with E-state index in [4.69, 9.17) is 0 Å². The minimum atomic E-state index is -0.492. The first kappa shape index (κ1) is 14.5. The van der Waals surface area contributed by atoms with Crippen LogP contribution in [0.4, 0.5) is 5.69 Å². The van der Waals surface area contributed by atoms with Crippen LogP contribution in [0.5, 0.6) is 0 Å². The number of hydrogen-bond acceptors (Lipinski definition) is 5. The van der Waals surface area contributed by atoms with E-state index in [9.17, 15) is 19.7 Å². The molecule has 0 aromatic heterocycles. The Bertz CT molecular complexity index is 841. The molecule has 1 aromatic rings. The fraction of sp³-hybridized carbons (Fsp3) is 0.389. The molecule has 2 saturated carbocycles. The lowest BCUT2D eigenvalue weighted by Gasteiger charge is -2.37. The molecule has 1 heterocycles. The third kappa shape index (κ3) is 1.95. The summed E-state index contributed by atoms with van der Waals surface area (Å²) in [5, 5.41) is 15.9. The van der Waals surface area contributed by atoms with E-state index in [2.05, 4.69) is 17.3 Å². The van der Waals surface area contributed by atoms with Crippen molar-refractivity contribution in [2.45, 2.75) is 6.42 Å². The van der Waals surface area contributed by atoms with Gasteiger partial charge in [-0.05, 0) is 30.1 Å². The van der Waals surface area contributed by atoms with Gasteiger partial charge in [0.1, 0.15) is 0 Å². The molecule has 0 spiro atoms. The van der Waals surface area contributed by atoms with Crippen molar-refractivity contribution in [2.75, 3.05) is 0 Å². The molecule has 3 fully saturated rings. The first-order valence-corrected chi connectivity index (χ1v) is 8.41. The van der Waals surface area contributed by atoms with Crippen molar-refractivity contribution in [2.24, 2.45) is 40.6 Å². The molecule has 6 atom stereocenters. The Morgan fingerprint density at radius 2 is 1.76 bits per heavy atom. The van der Waals surface area contributed by atoms with Crippen molar-refractivity contribution >= 4 is 23.7 Å². The number of carbonyl (C=O) groups excluding carboxylic acids is 2. The van der Waals surface area contributed by atoms with Gasteiger partial charge in [-0.2, -0.15) is 10.1 Å². The number of benzene rings is 1. The fourth-order valence-electron chi connectivity index (χ4n) is 4.90. The first-order valence-electron chi connectivity index (χ1n) is 8.41. The van der Waals surface area contributed by atoms with E-state index in [1.54, 1.807) is 12.1 Å². The summed E-state index contributed by atoms with van der Waals surface area (Å²) in [6.07, 6.45) is 6.68. The number of amides is 2. The Hall–Kier alpha value is -2.83. The second kappa shape index (κ2) is 4.84. The van der Waals surface area contributed by atoms with Gasteiger partial charge < -0.3 is 0 Å². The highest BCUT2D eigenvalue weighted by molar-refractivity contribution is 6.06. The lowest BCUT2D eigenvalue weighted by Crippen LogP contribution is -2.40. The molecular weight excluding hydrogens is 322 g/mol. The molecule has 2 amide bonds. The van der Waals surface area contributed by atoms with E-state index < -0.39 is 4.92 Å². The maximum atomic E-state index is 12.7. The Morgan fingerprint density at radius 1 is 1.12 bits per heavy atom. The minimum absolute atomic E-state index is 0.0565. The van der Waals surface area contributed by atoms with Crippen LogP contribution in [0.1, 0.15) is 12.0 Å². The second-order valence-corrected chi connectivity index (χ2v) is 7.24. The van der Waals surface area contributed by atoms with E-state index in [1.807, 2.05) is 0 Å². The van der Waals surface area contributed by atoms with Gasteiger partial charge in [-0.15, -0.1) is 0 Å². The molecule has 1 saturated heterocycles. The summed E-state index contributed by atoms with van der Waals surface area (Å²) in [4.78, 5) is 35.8. The molecule has 4 aliphatic carbocycles. The summed E-state index contributed by atoms with van der Waals surface area (Å²) in [5.41, 5.74) is 0.424. The molecule has 25 heavy (non-hydrogen) atoms. The maximum absolute atomic E-state index is 12.7. The molecule has 7 heteroatoms. The first-order chi connectivity index (χ1) is 12.1. The number of nitro groups is 1. The number of carbonyl (C=O) groups is 2. The van der Waals surface area contributed by atoms with Gasteiger partial charge in [-0.3, -0.25) is 19.7 Å². The lowest BCUT2D eigenvalue weighted by molar-refractivity contribution is -0.384. The predicted octanol–water partition coefficient (Wildman–Crippen LogP) is 1.98. The van der Waals surface area contributed by atoms with E-state index in [0.29, 0.717) is 17.4 Å². The highest BCUT2D eigenvalue weighted by atomic mass is 16.6. The molecule has 126 valence electrons. The molecular formula is C18H15N3O4. The zero-order valence-electron chi connectivity index (χ0n) is 13.2. The number of imide groups is 1. The van der Waals surface area contributed by atoms with Crippen LogP contribution in [-0.2, 0) is 9.59 Å². The molecule has 0 unspecified atom stereocenters. The van der Waals surface area contributed by atoms with Crippen LogP contribution in [0.15, 0.2) is 41.5 Å². The zero-order valence-corrected chi connectivity index (χ0v) is 13.2. The highest BCUT2D eigenvalue weighted by Crippen LogP contribution is 2.65. The summed E-state index contributed by atoms with van der Waals surface area (Å²) in [6, 6.07) is 5.94. The third-order valence-corrected chi connectivity index (χ3v) is 6.04. The van der Waals surface area contributed by atoms with Crippen LogP contribution in [0.25, 0.3) is 0 Å². The highest BCUT2D eigenvalue weighted by Gasteiger charge is 2.67. The predicted molar refractivity (Wildman–Crippen MR) is 87.2 cm³/mol. The molecule has 0 radical (unpaired) electrons. The summed E-state index contributed by atoms with van der Waals surface area (Å²) >= 11 is 0. The molecule has 0 N–H and O–H groups in total. The van der Waals surface area contributed by atoms with Crippen LogP contribution in [0.3, 0.4) is 0 Å². The number of allylic oxidation sites excluding steroid dienone is 2. The Balaban J connectivity index is 1.43. The van der Waals surface area contributed by atoms with Crippen molar-refractivity contribution < 1.29 is 14.5 Å². The standard InChI is InChI=1S/C18H15N3O4/c22-17-15-11-4-5-12(14-7-13(11)14)16(15)18(23)20(17)19-8-9-2-1-3-10(6-9)21(24)25/h1-6,8,11-16H,7H2/b19-8-/t11-,12-,13-,14+,15-,16+/m1/s1. The molecule has 7 nitrogen and oxygen atoms in total. The molecule has 6 rings (SSSR count). The number of hydrogen-bond donors (Lipinski definition) is 0. The van der Waals surface area contributed by atoms with Gasteiger partial charge in [0.15, 0.2) is 0 Å². The van der Waals surface area contributed by atoms with Crippen LogP contribution >= 0.6 is 0 Å². The molecule has 1 aromatic carbocycles. The van der Waals surface area contributed by atoms with Gasteiger partial charge in [0, 0.05) is 17.7 Å². The van der Waals surface area contributed by atoms with E-state index in [1.165, 1.54) is 18.3 Å². The van der Waals surface area contributed by atoms with Gasteiger partial charge in [-0.25, -0.2) is 0 Å². The maximum Gasteiger partial charge on any atom is 0.270 e. The summed E-state index contributed by atoms with van der Waals surface area (Å²) in [6.45, 7) is 0. The largest absolute Gasteiger partial charge is 0.272 e. The minimum Gasteiger partial charge on any atom is -0.272 e. The average molecular weight is 337 g/mol. The van der Waals surface area contributed by atoms with E-state index in [0.717, 1.165) is 11.4 Å². The SMILES string of the molecule is O=C1[C@@H]2[C@@H]3C=C[C@H]([C@@H]4C[C@H]34)[C@@H]2C(=O)N1/N=C\c1cccc([N+](=O)[O-])c1. The quantitative estimate of drug-likeness (QED) is 0.277. The normalized spacial score (nSPS) is 37.5. The van der Waals surface area contributed by atoms with Gasteiger partial charge in [-0.1, -0.05) is 24.3 Å².